The minimum Gasteiger partial charge on any atom is -0.488 e. The number of halogens is 2. The molecule has 0 spiro atoms. The molecule has 1 aromatic heterocycles. The number of thioether (sulfide) groups is 1. The van der Waals surface area contributed by atoms with Crippen molar-refractivity contribution in [3.63, 3.8) is 0 Å². The van der Waals surface area contributed by atoms with Crippen LogP contribution >= 0.6 is 11.8 Å². The lowest BCUT2D eigenvalue weighted by molar-refractivity contribution is 0.354. The molecule has 1 aliphatic carbocycles. The Morgan fingerprint density at radius 1 is 1.12 bits per heavy atom. The van der Waals surface area contributed by atoms with Crippen LogP contribution in [0, 0.1) is 5.82 Å². The fraction of sp³-hybridized carbons (Fsp3) is 0.208. The number of aromatic nitrogens is 3. The van der Waals surface area contributed by atoms with Gasteiger partial charge in [0.15, 0.2) is 5.82 Å². The van der Waals surface area contributed by atoms with Gasteiger partial charge in [0.25, 0.3) is 0 Å². The molecule has 0 unspecified atom stereocenters. The molecule has 0 radical (unpaired) electrons. The van der Waals surface area contributed by atoms with Crippen LogP contribution in [-0.2, 0) is 5.75 Å². The van der Waals surface area contributed by atoms with Gasteiger partial charge in [-0.1, -0.05) is 18.2 Å². The summed E-state index contributed by atoms with van der Waals surface area (Å²) in [7, 11) is 0. The molecule has 1 N–H and O–H groups in total. The Morgan fingerprint density at radius 3 is 2.88 bits per heavy atom. The van der Waals surface area contributed by atoms with Gasteiger partial charge in [0.05, 0.1) is 5.56 Å². The van der Waals surface area contributed by atoms with E-state index in [2.05, 4.69) is 32.6 Å². The highest BCUT2D eigenvalue weighted by Gasteiger charge is 2.14. The van der Waals surface area contributed by atoms with Crippen LogP contribution in [0.3, 0.4) is 0 Å². The fourth-order valence-corrected chi connectivity index (χ4v) is 3.83. The second kappa shape index (κ2) is 10.4. The van der Waals surface area contributed by atoms with E-state index in [0.717, 1.165) is 17.0 Å². The van der Waals surface area contributed by atoms with Crippen LogP contribution < -0.4 is 10.1 Å². The first-order chi connectivity index (χ1) is 15.6. The smallest absolute Gasteiger partial charge is 0.230 e. The van der Waals surface area contributed by atoms with E-state index in [0.29, 0.717) is 30.1 Å². The Morgan fingerprint density at radius 2 is 2.03 bits per heavy atom. The number of hydrogen-bond donors (Lipinski definition) is 1. The molecule has 0 saturated carbocycles. The van der Waals surface area contributed by atoms with E-state index in [1.165, 1.54) is 36.2 Å². The van der Waals surface area contributed by atoms with Crippen molar-refractivity contribution < 1.29 is 13.5 Å². The van der Waals surface area contributed by atoms with Gasteiger partial charge in [0.1, 0.15) is 30.3 Å². The second-order valence-electron chi connectivity index (χ2n) is 7.23. The van der Waals surface area contributed by atoms with Crippen LogP contribution in [0.25, 0.3) is 11.4 Å². The highest BCUT2D eigenvalue weighted by molar-refractivity contribution is 7.97. The molecule has 0 fully saturated rings. The van der Waals surface area contributed by atoms with Crippen molar-refractivity contribution >= 4 is 23.4 Å². The van der Waals surface area contributed by atoms with Gasteiger partial charge in [-0.05, 0) is 60.2 Å². The van der Waals surface area contributed by atoms with E-state index in [1.54, 1.807) is 11.8 Å². The van der Waals surface area contributed by atoms with Gasteiger partial charge < -0.3 is 10.1 Å². The van der Waals surface area contributed by atoms with Crippen molar-refractivity contribution in [2.75, 3.05) is 18.2 Å². The van der Waals surface area contributed by atoms with Crippen LogP contribution in [0.2, 0.25) is 0 Å². The Balaban J connectivity index is 1.56. The molecule has 0 amide bonds. The number of allylic oxidation sites excluding steroid dienone is 2. The summed E-state index contributed by atoms with van der Waals surface area (Å²) in [6, 6.07) is 12.1. The number of rotatable bonds is 8. The van der Waals surface area contributed by atoms with Crippen LogP contribution in [-0.4, -0.2) is 27.8 Å². The Kier molecular flexibility index (Phi) is 7.11. The van der Waals surface area contributed by atoms with Gasteiger partial charge >= 0.3 is 0 Å². The molecule has 0 atom stereocenters. The van der Waals surface area contributed by atoms with Crippen molar-refractivity contribution in [1.82, 2.24) is 15.0 Å². The lowest BCUT2D eigenvalue weighted by atomic mass is 10.1. The van der Waals surface area contributed by atoms with Crippen LogP contribution in [0.1, 0.15) is 18.4 Å². The highest BCUT2D eigenvalue weighted by Crippen LogP contribution is 2.30. The van der Waals surface area contributed by atoms with Crippen molar-refractivity contribution in [1.29, 1.82) is 0 Å². The Hall–Kier alpha value is -3.26. The van der Waals surface area contributed by atoms with Crippen molar-refractivity contribution in [2.24, 2.45) is 0 Å². The van der Waals surface area contributed by atoms with E-state index in [-0.39, 0.29) is 18.3 Å². The molecule has 32 heavy (non-hydrogen) atoms. The zero-order valence-electron chi connectivity index (χ0n) is 17.5. The number of ether oxygens (including phenoxy) is 1. The third kappa shape index (κ3) is 5.70. The fourth-order valence-electron chi connectivity index (χ4n) is 3.31. The molecule has 4 rings (SSSR count). The molecular formula is C24H22F2N4OS. The lowest BCUT2D eigenvalue weighted by Crippen LogP contribution is -2.05. The summed E-state index contributed by atoms with van der Waals surface area (Å²) in [6.45, 7) is 0.171. The molecule has 2 aromatic carbocycles. The monoisotopic (exact) mass is 452 g/mol. The standard InChI is InChI=1S/C24H22F2N4OS/c1-32-14-17-5-3-7-20(11-17)29-24-28-15-27-23(30-24)21-12-19(26)8-9-22(21)31-13-16-4-2-6-18(25)10-16/h3-5,7-12,15H,2,6,13-14H2,1H3,(H,27,28,29,30). The molecule has 164 valence electrons. The summed E-state index contributed by atoms with van der Waals surface area (Å²) in [5.41, 5.74) is 3.17. The minimum atomic E-state index is -0.435. The van der Waals surface area contributed by atoms with E-state index in [9.17, 15) is 8.78 Å². The van der Waals surface area contributed by atoms with Gasteiger partial charge in [0, 0.05) is 17.9 Å². The lowest BCUT2D eigenvalue weighted by Gasteiger charge is -2.14. The first-order valence-corrected chi connectivity index (χ1v) is 11.5. The van der Waals surface area contributed by atoms with Crippen molar-refractivity contribution in [3.8, 4) is 17.1 Å². The minimum absolute atomic E-state index is 0.166. The quantitative estimate of drug-likeness (QED) is 0.437. The summed E-state index contributed by atoms with van der Waals surface area (Å²) < 4.78 is 33.4. The first kappa shape index (κ1) is 22.0. The van der Waals surface area contributed by atoms with Gasteiger partial charge in [0.2, 0.25) is 5.95 Å². The SMILES string of the molecule is CSCc1cccc(Nc2ncnc(-c3cc(F)ccc3OCC3=CCCC(F)=C3)n2)c1. The average Bonchev–Trinajstić information content (AvgIpc) is 2.79. The molecule has 0 aliphatic heterocycles. The summed E-state index contributed by atoms with van der Waals surface area (Å²) in [5.74, 6) is 1.32. The maximum absolute atomic E-state index is 14.0. The molecule has 0 saturated heterocycles. The highest BCUT2D eigenvalue weighted by atomic mass is 32.2. The van der Waals surface area contributed by atoms with Gasteiger partial charge in [-0.2, -0.15) is 16.7 Å². The third-order valence-electron chi connectivity index (χ3n) is 4.77. The first-order valence-electron chi connectivity index (χ1n) is 10.1. The number of benzene rings is 2. The molecule has 1 aliphatic rings. The molecule has 1 heterocycles. The van der Waals surface area contributed by atoms with E-state index in [4.69, 9.17) is 4.74 Å². The topological polar surface area (TPSA) is 59.9 Å². The maximum Gasteiger partial charge on any atom is 0.230 e. The largest absolute Gasteiger partial charge is 0.488 e. The van der Waals surface area contributed by atoms with Crippen molar-refractivity contribution in [3.05, 3.63) is 83.7 Å². The van der Waals surface area contributed by atoms with Gasteiger partial charge in [-0.3, -0.25) is 0 Å². The number of hydrogen-bond acceptors (Lipinski definition) is 6. The Bertz CT molecular complexity index is 1170. The second-order valence-corrected chi connectivity index (χ2v) is 8.10. The summed E-state index contributed by atoms with van der Waals surface area (Å²) in [6.07, 6.45) is 7.87. The molecular weight excluding hydrogens is 430 g/mol. The van der Waals surface area contributed by atoms with Crippen LogP contribution in [0.15, 0.2) is 72.3 Å². The normalized spacial score (nSPS) is 13.3. The van der Waals surface area contributed by atoms with Gasteiger partial charge in [-0.25, -0.2) is 18.7 Å². The third-order valence-corrected chi connectivity index (χ3v) is 5.40. The number of nitrogens with one attached hydrogen (secondary N) is 1. The predicted molar refractivity (Wildman–Crippen MR) is 124 cm³/mol. The number of nitrogens with zero attached hydrogens (tertiary/aromatic N) is 3. The van der Waals surface area contributed by atoms with E-state index < -0.39 is 5.82 Å². The van der Waals surface area contributed by atoms with Crippen LogP contribution in [0.5, 0.6) is 5.75 Å². The zero-order valence-corrected chi connectivity index (χ0v) is 18.3. The predicted octanol–water partition coefficient (Wildman–Crippen LogP) is 6.24. The van der Waals surface area contributed by atoms with Crippen molar-refractivity contribution in [2.45, 2.75) is 18.6 Å². The summed E-state index contributed by atoms with van der Waals surface area (Å²) >= 11 is 1.74. The van der Waals surface area contributed by atoms with E-state index in [1.807, 2.05) is 24.3 Å². The maximum atomic E-state index is 14.0. The molecule has 5 nitrogen and oxygen atoms in total. The Labute approximate surface area is 189 Å². The molecule has 0 bridgehead atoms. The molecule has 3 aromatic rings. The van der Waals surface area contributed by atoms with E-state index >= 15 is 0 Å². The summed E-state index contributed by atoms with van der Waals surface area (Å²) in [5, 5.41) is 3.17. The number of anilines is 2. The van der Waals surface area contributed by atoms with Crippen LogP contribution in [0.4, 0.5) is 20.4 Å². The molecule has 8 heteroatoms. The summed E-state index contributed by atoms with van der Waals surface area (Å²) in [4.78, 5) is 12.8. The van der Waals surface area contributed by atoms with Gasteiger partial charge in [-0.15, -0.1) is 0 Å². The zero-order chi connectivity index (χ0) is 22.3. The average molecular weight is 453 g/mol.